The topological polar surface area (TPSA) is 52.6 Å². The largest absolute Gasteiger partial charge is 0.356 e. The molecule has 1 amide bonds. The van der Waals surface area contributed by atoms with Gasteiger partial charge in [0.1, 0.15) is 11.4 Å². The second-order valence-corrected chi connectivity index (χ2v) is 8.92. The van der Waals surface area contributed by atoms with Gasteiger partial charge in [-0.3, -0.25) is 4.79 Å². The third-order valence-corrected chi connectivity index (χ3v) is 6.67. The van der Waals surface area contributed by atoms with Crippen LogP contribution in [0.5, 0.6) is 0 Å². The van der Waals surface area contributed by atoms with Gasteiger partial charge in [0.2, 0.25) is 0 Å². The van der Waals surface area contributed by atoms with Crippen LogP contribution in [0, 0.1) is 5.92 Å². The number of likely N-dealkylation sites (tertiary alicyclic amines) is 2. The Balaban J connectivity index is 1.67. The van der Waals surface area contributed by atoms with Crippen molar-refractivity contribution in [3.8, 4) is 11.4 Å². The van der Waals surface area contributed by atoms with Crippen LogP contribution >= 0.6 is 0 Å². The molecule has 1 aromatic heterocycles. The van der Waals surface area contributed by atoms with Crippen molar-refractivity contribution in [2.24, 2.45) is 5.92 Å². The molecule has 0 spiro atoms. The predicted molar refractivity (Wildman–Crippen MR) is 121 cm³/mol. The van der Waals surface area contributed by atoms with Gasteiger partial charge in [0.25, 0.3) is 5.91 Å². The van der Waals surface area contributed by atoms with Gasteiger partial charge in [-0.2, -0.15) is 0 Å². The minimum Gasteiger partial charge on any atom is -0.356 e. The zero-order valence-electron chi connectivity index (χ0n) is 18.4. The third kappa shape index (κ3) is 4.48. The lowest BCUT2D eigenvalue weighted by Gasteiger charge is -2.37. The lowest BCUT2D eigenvalue weighted by atomic mass is 9.98. The molecule has 0 saturated carbocycles. The van der Waals surface area contributed by atoms with Crippen LogP contribution in [0.4, 0.5) is 5.82 Å². The molecule has 0 atom stereocenters. The molecule has 2 fully saturated rings. The van der Waals surface area contributed by atoms with Crippen LogP contribution in [0.25, 0.3) is 11.4 Å². The van der Waals surface area contributed by atoms with E-state index in [4.69, 9.17) is 4.98 Å². The number of piperidine rings is 2. The summed E-state index contributed by atoms with van der Waals surface area (Å²) in [6.45, 7) is 6.03. The molecule has 0 radical (unpaired) electrons. The maximum absolute atomic E-state index is 13.4. The molecule has 0 bridgehead atoms. The number of hydrogen-bond donors (Lipinski definition) is 0. The first-order chi connectivity index (χ1) is 14.5. The Kier molecular flexibility index (Phi) is 6.32. The van der Waals surface area contributed by atoms with E-state index >= 15 is 0 Å². The van der Waals surface area contributed by atoms with Gasteiger partial charge in [0, 0.05) is 37.9 Å². The van der Waals surface area contributed by atoms with E-state index in [1.54, 1.807) is 6.20 Å². The van der Waals surface area contributed by atoms with Crippen LogP contribution in [-0.2, 0) is 0 Å². The molecule has 2 aromatic rings. The number of amides is 1. The van der Waals surface area contributed by atoms with E-state index in [9.17, 15) is 4.79 Å². The first-order valence-electron chi connectivity index (χ1n) is 11.2. The second kappa shape index (κ2) is 9.13. The molecular weight excluding hydrogens is 374 g/mol. The van der Waals surface area contributed by atoms with E-state index in [0.717, 1.165) is 63.2 Å². The van der Waals surface area contributed by atoms with Gasteiger partial charge >= 0.3 is 0 Å². The van der Waals surface area contributed by atoms with Gasteiger partial charge in [0.15, 0.2) is 5.82 Å². The molecular formula is C24H33N5O. The molecule has 160 valence electrons. The average Bonchev–Trinajstić information content (AvgIpc) is 2.79. The molecule has 6 nitrogen and oxygen atoms in total. The highest BCUT2D eigenvalue weighted by Gasteiger charge is 2.29. The van der Waals surface area contributed by atoms with E-state index in [1.165, 1.54) is 0 Å². The Morgan fingerprint density at radius 2 is 1.70 bits per heavy atom. The first-order valence-corrected chi connectivity index (χ1v) is 11.2. The van der Waals surface area contributed by atoms with Crippen LogP contribution in [0.15, 0.2) is 36.5 Å². The normalized spacial score (nSPS) is 19.1. The Morgan fingerprint density at radius 1 is 1.03 bits per heavy atom. The third-order valence-electron chi connectivity index (χ3n) is 6.67. The highest BCUT2D eigenvalue weighted by molar-refractivity contribution is 5.99. The SMILES string of the molecule is CC1CCN(C(=O)c2cnc(-c3ccccc3)nc2N(C)C2CCN(C)CC2)CC1. The van der Waals surface area contributed by atoms with Crippen molar-refractivity contribution in [3.05, 3.63) is 42.1 Å². The zero-order valence-corrected chi connectivity index (χ0v) is 18.4. The second-order valence-electron chi connectivity index (χ2n) is 8.92. The smallest absolute Gasteiger partial charge is 0.259 e. The Labute approximate surface area is 179 Å². The molecule has 4 rings (SSSR count). The molecule has 2 saturated heterocycles. The zero-order chi connectivity index (χ0) is 21.1. The number of carbonyl (C=O) groups is 1. The number of carbonyl (C=O) groups excluding carboxylic acids is 1. The van der Waals surface area contributed by atoms with Crippen molar-refractivity contribution in [2.45, 2.75) is 38.6 Å². The molecule has 0 aliphatic carbocycles. The number of anilines is 1. The Hall–Kier alpha value is -2.47. The van der Waals surface area contributed by atoms with Crippen molar-refractivity contribution < 1.29 is 4.79 Å². The number of rotatable bonds is 4. The van der Waals surface area contributed by atoms with Crippen molar-refractivity contribution in [1.82, 2.24) is 19.8 Å². The summed E-state index contributed by atoms with van der Waals surface area (Å²) < 4.78 is 0. The summed E-state index contributed by atoms with van der Waals surface area (Å²) in [6, 6.07) is 10.4. The number of aromatic nitrogens is 2. The lowest BCUT2D eigenvalue weighted by Crippen LogP contribution is -2.44. The van der Waals surface area contributed by atoms with Gasteiger partial charge < -0.3 is 14.7 Å². The summed E-state index contributed by atoms with van der Waals surface area (Å²) >= 11 is 0. The van der Waals surface area contributed by atoms with Gasteiger partial charge in [-0.05, 0) is 51.7 Å². The fraction of sp³-hybridized carbons (Fsp3) is 0.542. The fourth-order valence-electron chi connectivity index (χ4n) is 4.46. The molecule has 0 N–H and O–H groups in total. The van der Waals surface area contributed by atoms with E-state index < -0.39 is 0 Å². The molecule has 6 heteroatoms. The quantitative estimate of drug-likeness (QED) is 0.776. The summed E-state index contributed by atoms with van der Waals surface area (Å²) in [5.41, 5.74) is 1.60. The van der Waals surface area contributed by atoms with Crippen molar-refractivity contribution in [3.63, 3.8) is 0 Å². The van der Waals surface area contributed by atoms with Crippen LogP contribution in [0.2, 0.25) is 0 Å². The van der Waals surface area contributed by atoms with Crippen molar-refractivity contribution in [2.75, 3.05) is 45.2 Å². The molecule has 2 aliphatic rings. The lowest BCUT2D eigenvalue weighted by molar-refractivity contribution is 0.0697. The van der Waals surface area contributed by atoms with E-state index in [-0.39, 0.29) is 5.91 Å². The Bertz CT molecular complexity index is 855. The number of benzene rings is 1. The standard InChI is InChI=1S/C24H33N5O/c1-18-9-15-29(16-10-18)24(30)21-17-25-22(19-7-5-4-6-8-19)26-23(21)28(3)20-11-13-27(2)14-12-20/h4-8,17-18,20H,9-16H2,1-3H3. The average molecular weight is 408 g/mol. The Morgan fingerprint density at radius 3 is 2.37 bits per heavy atom. The fourth-order valence-corrected chi connectivity index (χ4v) is 4.46. The van der Waals surface area contributed by atoms with Gasteiger partial charge in [0.05, 0.1) is 0 Å². The predicted octanol–water partition coefficient (Wildman–Crippen LogP) is 3.55. The number of hydrogen-bond acceptors (Lipinski definition) is 5. The summed E-state index contributed by atoms with van der Waals surface area (Å²) in [5, 5.41) is 0. The maximum Gasteiger partial charge on any atom is 0.259 e. The molecule has 2 aliphatic heterocycles. The summed E-state index contributed by atoms with van der Waals surface area (Å²) in [7, 11) is 4.25. The molecule has 3 heterocycles. The van der Waals surface area contributed by atoms with Crippen molar-refractivity contribution in [1.29, 1.82) is 0 Å². The van der Waals surface area contributed by atoms with Crippen molar-refractivity contribution >= 4 is 11.7 Å². The van der Waals surface area contributed by atoms with Crippen LogP contribution in [0.1, 0.15) is 43.0 Å². The highest BCUT2D eigenvalue weighted by atomic mass is 16.2. The molecule has 1 aromatic carbocycles. The van der Waals surface area contributed by atoms with Gasteiger partial charge in [-0.15, -0.1) is 0 Å². The van der Waals surface area contributed by atoms with Crippen LogP contribution < -0.4 is 4.90 Å². The number of nitrogens with zero attached hydrogens (tertiary/aromatic N) is 5. The van der Waals surface area contributed by atoms with E-state index in [2.05, 4.69) is 35.8 Å². The first kappa shape index (κ1) is 20.8. The van der Waals surface area contributed by atoms with Crippen LogP contribution in [-0.4, -0.2) is 72.0 Å². The highest BCUT2D eigenvalue weighted by Crippen LogP contribution is 2.28. The summed E-state index contributed by atoms with van der Waals surface area (Å²) in [4.78, 5) is 29.5. The minimum atomic E-state index is 0.0660. The minimum absolute atomic E-state index is 0.0660. The van der Waals surface area contributed by atoms with E-state index in [0.29, 0.717) is 23.3 Å². The summed E-state index contributed by atoms with van der Waals surface area (Å²) in [6.07, 6.45) is 6.03. The monoisotopic (exact) mass is 407 g/mol. The molecule has 30 heavy (non-hydrogen) atoms. The maximum atomic E-state index is 13.4. The molecule has 0 unspecified atom stereocenters. The van der Waals surface area contributed by atoms with Crippen LogP contribution in [0.3, 0.4) is 0 Å². The van der Waals surface area contributed by atoms with E-state index in [1.807, 2.05) is 35.2 Å². The van der Waals surface area contributed by atoms with Gasteiger partial charge in [-0.1, -0.05) is 37.3 Å². The summed E-state index contributed by atoms with van der Waals surface area (Å²) in [5.74, 6) is 2.19. The van der Waals surface area contributed by atoms with Gasteiger partial charge in [-0.25, -0.2) is 9.97 Å².